The van der Waals surface area contributed by atoms with Crippen LogP contribution in [0.2, 0.25) is 0 Å². The molecule has 5 atom stereocenters. The molecule has 2 fully saturated rings. The molecule has 1 aliphatic carbocycles. The number of fused-ring (bicyclic) bond motifs is 1. The van der Waals surface area contributed by atoms with E-state index in [1.807, 2.05) is 0 Å². The molecular weight excluding hydrogens is 395 g/mol. The first-order valence-corrected chi connectivity index (χ1v) is 10.4. The lowest BCUT2D eigenvalue weighted by atomic mass is 9.80. The lowest BCUT2D eigenvalue weighted by Gasteiger charge is -2.50. The van der Waals surface area contributed by atoms with Crippen molar-refractivity contribution >= 4 is 20.4 Å². The molecule has 0 amide bonds. The van der Waals surface area contributed by atoms with Gasteiger partial charge in [0.25, 0.3) is 0 Å². The maximum atomic E-state index is 11.7. The second kappa shape index (κ2) is 7.88. The summed E-state index contributed by atoms with van der Waals surface area (Å²) in [7, 11) is 4.02. The zero-order valence-electron chi connectivity index (χ0n) is 16.8. The summed E-state index contributed by atoms with van der Waals surface area (Å²) in [6.07, 6.45) is 2.92. The highest BCUT2D eigenvalue weighted by molar-refractivity contribution is 7.09. The van der Waals surface area contributed by atoms with Crippen LogP contribution < -0.4 is 10.4 Å². The molecule has 1 saturated carbocycles. The van der Waals surface area contributed by atoms with Crippen molar-refractivity contribution in [2.45, 2.75) is 63.6 Å². The van der Waals surface area contributed by atoms with Gasteiger partial charge in [0.2, 0.25) is 6.29 Å². The van der Waals surface area contributed by atoms with E-state index in [4.69, 9.17) is 23.2 Å². The minimum atomic E-state index is -0.646. The molecular formula is C21H27O7P. The molecule has 2 heterocycles. The van der Waals surface area contributed by atoms with Gasteiger partial charge in [-0.1, -0.05) is 19.8 Å². The minimum absolute atomic E-state index is 0.0529. The Kier molecular flexibility index (Phi) is 5.60. The smallest absolute Gasteiger partial charge is 0.339 e. The van der Waals surface area contributed by atoms with E-state index in [0.717, 1.165) is 31.7 Å². The van der Waals surface area contributed by atoms with Crippen LogP contribution in [0.5, 0.6) is 11.5 Å². The summed E-state index contributed by atoms with van der Waals surface area (Å²) in [6.45, 7) is 3.87. The van der Waals surface area contributed by atoms with E-state index in [0.29, 0.717) is 22.3 Å². The van der Waals surface area contributed by atoms with Crippen LogP contribution in [0.1, 0.15) is 38.2 Å². The molecule has 0 bridgehead atoms. The van der Waals surface area contributed by atoms with Gasteiger partial charge in [-0.05, 0) is 31.9 Å². The predicted molar refractivity (Wildman–Crippen MR) is 110 cm³/mol. The topological polar surface area (TPSA) is 87.4 Å². The lowest BCUT2D eigenvalue weighted by molar-refractivity contribution is -0.293. The number of benzene rings is 1. The summed E-state index contributed by atoms with van der Waals surface area (Å²) in [5.74, 6) is 0.448. The molecule has 2 aliphatic rings. The molecule has 29 heavy (non-hydrogen) atoms. The van der Waals surface area contributed by atoms with E-state index >= 15 is 0 Å². The van der Waals surface area contributed by atoms with Crippen LogP contribution >= 0.6 is 9.47 Å². The van der Waals surface area contributed by atoms with Crippen molar-refractivity contribution in [2.75, 3.05) is 7.11 Å². The van der Waals surface area contributed by atoms with Crippen LogP contribution in [0.25, 0.3) is 11.0 Å². The highest BCUT2D eigenvalue weighted by Crippen LogP contribution is 2.47. The van der Waals surface area contributed by atoms with Gasteiger partial charge in [0, 0.05) is 28.1 Å². The highest BCUT2D eigenvalue weighted by atomic mass is 31.0. The second-order valence-electron chi connectivity index (χ2n) is 8.01. The number of methoxy groups -OCH3 is 1. The molecule has 1 aliphatic heterocycles. The van der Waals surface area contributed by atoms with Crippen LogP contribution in [0.4, 0.5) is 0 Å². The SMILES string of the molecule is CO[C@@H]1[C@@H](C)C(OP)[C@H](Oc2ccc3c(O)cc(=O)oc3c2C)OC12CCCC2. The Labute approximate surface area is 171 Å². The third kappa shape index (κ3) is 3.44. The molecule has 158 valence electrons. The van der Waals surface area contributed by atoms with E-state index in [2.05, 4.69) is 16.4 Å². The van der Waals surface area contributed by atoms with Crippen molar-refractivity contribution in [3.8, 4) is 11.5 Å². The van der Waals surface area contributed by atoms with Gasteiger partial charge < -0.3 is 28.3 Å². The zero-order chi connectivity index (χ0) is 20.8. The monoisotopic (exact) mass is 422 g/mol. The molecule has 1 spiro atoms. The Balaban J connectivity index is 1.70. The van der Waals surface area contributed by atoms with Crippen LogP contribution in [0.3, 0.4) is 0 Å². The van der Waals surface area contributed by atoms with E-state index < -0.39 is 17.5 Å². The molecule has 8 heteroatoms. The van der Waals surface area contributed by atoms with E-state index in [1.165, 1.54) is 0 Å². The summed E-state index contributed by atoms with van der Waals surface area (Å²) < 4.78 is 29.6. The summed E-state index contributed by atoms with van der Waals surface area (Å²) in [5, 5.41) is 10.5. The van der Waals surface area contributed by atoms with Gasteiger partial charge >= 0.3 is 5.63 Å². The van der Waals surface area contributed by atoms with Gasteiger partial charge in [-0.2, -0.15) is 0 Å². The van der Waals surface area contributed by atoms with Gasteiger partial charge in [0.15, 0.2) is 0 Å². The van der Waals surface area contributed by atoms with Crippen molar-refractivity contribution in [3.63, 3.8) is 0 Å². The normalized spacial score (nSPS) is 28.8. The number of aromatic hydroxyl groups is 1. The molecule has 1 saturated heterocycles. The fraction of sp³-hybridized carbons (Fsp3) is 0.571. The number of aryl methyl sites for hydroxylation is 1. The van der Waals surface area contributed by atoms with Crippen molar-refractivity contribution in [1.29, 1.82) is 0 Å². The molecule has 2 aromatic rings. The molecule has 1 aromatic carbocycles. The first kappa shape index (κ1) is 20.6. The van der Waals surface area contributed by atoms with Gasteiger partial charge in [-0.25, -0.2) is 4.79 Å². The highest BCUT2D eigenvalue weighted by Gasteiger charge is 2.55. The van der Waals surface area contributed by atoms with Gasteiger partial charge in [-0.15, -0.1) is 0 Å². The van der Waals surface area contributed by atoms with Gasteiger partial charge in [-0.3, -0.25) is 0 Å². The minimum Gasteiger partial charge on any atom is -0.507 e. The molecule has 1 N–H and O–H groups in total. The van der Waals surface area contributed by atoms with Gasteiger partial charge in [0.05, 0.1) is 23.2 Å². The summed E-state index contributed by atoms with van der Waals surface area (Å²) in [6, 6.07) is 4.47. The first-order chi connectivity index (χ1) is 13.9. The third-order valence-electron chi connectivity index (χ3n) is 6.33. The largest absolute Gasteiger partial charge is 0.507 e. The Morgan fingerprint density at radius 3 is 2.66 bits per heavy atom. The summed E-state index contributed by atoms with van der Waals surface area (Å²) in [5.41, 5.74) is -0.0980. The van der Waals surface area contributed by atoms with Crippen molar-refractivity contribution < 1.29 is 28.3 Å². The Hall–Kier alpha value is -1.66. The van der Waals surface area contributed by atoms with E-state index in [9.17, 15) is 9.90 Å². The average molecular weight is 422 g/mol. The maximum absolute atomic E-state index is 11.7. The first-order valence-electron chi connectivity index (χ1n) is 9.89. The lowest BCUT2D eigenvalue weighted by Crippen LogP contribution is -2.62. The van der Waals surface area contributed by atoms with Crippen molar-refractivity contribution in [2.24, 2.45) is 5.92 Å². The van der Waals surface area contributed by atoms with Crippen molar-refractivity contribution in [1.82, 2.24) is 0 Å². The Bertz CT molecular complexity index is 950. The predicted octanol–water partition coefficient (Wildman–Crippen LogP) is 3.68. The van der Waals surface area contributed by atoms with Crippen LogP contribution in [-0.4, -0.2) is 36.3 Å². The standard InChI is InChI=1S/C21H27O7P/c1-11-15(7-6-13-14(22)10-16(23)26-17(11)13)25-20-18(28-29)12(2)19(24-3)21(27-20)8-4-5-9-21/h6-7,10,12,18-20,22H,4-5,8-9,29H2,1-3H3/t12-,18?,19+,20+/m0/s1. The molecule has 4 rings (SSSR count). The molecule has 0 radical (unpaired) electrons. The van der Waals surface area contributed by atoms with E-state index in [-0.39, 0.29) is 23.9 Å². The summed E-state index contributed by atoms with van der Waals surface area (Å²) >= 11 is 0. The number of ether oxygens (including phenoxy) is 3. The van der Waals surface area contributed by atoms with Crippen LogP contribution in [0, 0.1) is 12.8 Å². The van der Waals surface area contributed by atoms with Crippen LogP contribution in [-0.2, 0) is 14.0 Å². The molecule has 1 aromatic heterocycles. The fourth-order valence-electron chi connectivity index (χ4n) is 4.93. The maximum Gasteiger partial charge on any atom is 0.339 e. The average Bonchev–Trinajstić information content (AvgIpc) is 3.13. The molecule has 7 nitrogen and oxygen atoms in total. The third-order valence-corrected chi connectivity index (χ3v) is 6.64. The fourth-order valence-corrected chi connectivity index (χ4v) is 5.30. The number of rotatable bonds is 4. The summed E-state index contributed by atoms with van der Waals surface area (Å²) in [4.78, 5) is 11.7. The van der Waals surface area contributed by atoms with Crippen molar-refractivity contribution in [3.05, 3.63) is 34.2 Å². The zero-order valence-corrected chi connectivity index (χ0v) is 18.0. The molecule has 2 unspecified atom stereocenters. The Morgan fingerprint density at radius 2 is 2.00 bits per heavy atom. The number of hydrogen-bond acceptors (Lipinski definition) is 7. The van der Waals surface area contributed by atoms with E-state index in [1.54, 1.807) is 26.2 Å². The number of hydrogen-bond donors (Lipinski definition) is 1. The Morgan fingerprint density at radius 1 is 1.28 bits per heavy atom. The van der Waals surface area contributed by atoms with Gasteiger partial charge in [0.1, 0.15) is 23.2 Å². The second-order valence-corrected chi connectivity index (χ2v) is 8.28. The quantitative estimate of drug-likeness (QED) is 0.594. The van der Waals surface area contributed by atoms with Crippen LogP contribution in [0.15, 0.2) is 27.4 Å².